The fraction of sp³-hybridized carbons (Fsp3) is 0.130. The molecule has 0 aliphatic heterocycles. The summed E-state index contributed by atoms with van der Waals surface area (Å²) in [6.45, 7) is 3.72. The summed E-state index contributed by atoms with van der Waals surface area (Å²) in [6, 6.07) is 18.5. The lowest BCUT2D eigenvalue weighted by atomic mass is 10.2. The molecule has 0 bridgehead atoms. The Labute approximate surface area is 185 Å². The van der Waals surface area contributed by atoms with Gasteiger partial charge in [0.2, 0.25) is 0 Å². The van der Waals surface area contributed by atoms with Gasteiger partial charge in [-0.1, -0.05) is 42.8 Å². The summed E-state index contributed by atoms with van der Waals surface area (Å²) in [4.78, 5) is 17.7. The lowest BCUT2D eigenvalue weighted by molar-refractivity contribution is 0.601. The van der Waals surface area contributed by atoms with E-state index in [9.17, 15) is 13.2 Å². The quantitative estimate of drug-likeness (QED) is 0.474. The molecule has 0 spiro atoms. The number of sulfonamides is 1. The van der Waals surface area contributed by atoms with E-state index in [-0.39, 0.29) is 21.2 Å². The van der Waals surface area contributed by atoms with Gasteiger partial charge in [-0.25, -0.2) is 13.4 Å². The van der Waals surface area contributed by atoms with Crippen LogP contribution in [-0.4, -0.2) is 18.0 Å². The van der Waals surface area contributed by atoms with Crippen molar-refractivity contribution in [2.45, 2.75) is 25.2 Å². The summed E-state index contributed by atoms with van der Waals surface area (Å²) in [5, 5.41) is 0.693. The van der Waals surface area contributed by atoms with Crippen LogP contribution in [0.1, 0.15) is 18.3 Å². The molecule has 3 aromatic carbocycles. The topological polar surface area (TPSA) is 81.1 Å². The normalized spacial score (nSPS) is 11.6. The van der Waals surface area contributed by atoms with Gasteiger partial charge in [-0.15, -0.1) is 0 Å². The average Bonchev–Trinajstić information content (AvgIpc) is 2.76. The van der Waals surface area contributed by atoms with Gasteiger partial charge in [0.25, 0.3) is 15.6 Å². The van der Waals surface area contributed by atoms with Crippen molar-refractivity contribution in [1.29, 1.82) is 0 Å². The standard InChI is InChI=1S/C23H20ClN3O3S/c1-3-16-8-11-18(12-9-16)31(29,30)26-22-14-17(10-13-20(22)24)27-15(2)25-21-7-5-4-6-19(21)23(27)28/h4-14,26H,3H2,1-2H3. The summed E-state index contributed by atoms with van der Waals surface area (Å²) in [7, 11) is -3.85. The average molecular weight is 454 g/mol. The number of nitrogens with one attached hydrogen (secondary N) is 1. The van der Waals surface area contributed by atoms with Crippen LogP contribution < -0.4 is 10.3 Å². The molecule has 1 heterocycles. The maximum Gasteiger partial charge on any atom is 0.265 e. The van der Waals surface area contributed by atoms with Crippen molar-refractivity contribution in [3.8, 4) is 5.69 Å². The van der Waals surface area contributed by atoms with E-state index in [1.807, 2.05) is 13.0 Å². The molecule has 0 saturated carbocycles. The maximum absolute atomic E-state index is 13.1. The summed E-state index contributed by atoms with van der Waals surface area (Å²) in [5.41, 5.74) is 2.04. The highest BCUT2D eigenvalue weighted by Crippen LogP contribution is 2.28. The van der Waals surface area contributed by atoms with Gasteiger partial charge in [0.05, 0.1) is 32.2 Å². The molecule has 0 unspecified atom stereocenters. The van der Waals surface area contributed by atoms with E-state index < -0.39 is 10.0 Å². The molecule has 6 nitrogen and oxygen atoms in total. The Bertz CT molecular complexity index is 1450. The minimum absolute atomic E-state index is 0.131. The molecular weight excluding hydrogens is 434 g/mol. The third-order valence-electron chi connectivity index (χ3n) is 5.04. The largest absolute Gasteiger partial charge is 0.278 e. The number of hydrogen-bond donors (Lipinski definition) is 1. The summed E-state index contributed by atoms with van der Waals surface area (Å²) >= 11 is 6.27. The molecule has 0 amide bonds. The van der Waals surface area contributed by atoms with Gasteiger partial charge in [0, 0.05) is 0 Å². The second-order valence-electron chi connectivity index (χ2n) is 7.08. The molecule has 1 N–H and O–H groups in total. The first-order chi connectivity index (χ1) is 14.8. The van der Waals surface area contributed by atoms with Crippen LogP contribution in [0.2, 0.25) is 5.02 Å². The van der Waals surface area contributed by atoms with Crippen molar-refractivity contribution in [3.05, 3.63) is 93.5 Å². The van der Waals surface area contributed by atoms with Crippen LogP contribution in [0.4, 0.5) is 5.69 Å². The van der Waals surface area contributed by atoms with Gasteiger partial charge in [-0.3, -0.25) is 14.1 Å². The van der Waals surface area contributed by atoms with E-state index in [1.165, 1.54) is 10.6 Å². The third kappa shape index (κ3) is 4.06. The van der Waals surface area contributed by atoms with Crippen LogP contribution in [0.5, 0.6) is 0 Å². The number of halogens is 1. The highest BCUT2D eigenvalue weighted by Gasteiger charge is 2.17. The van der Waals surface area contributed by atoms with Gasteiger partial charge < -0.3 is 0 Å². The Hall–Kier alpha value is -3.16. The number of nitrogens with zero attached hydrogens (tertiary/aromatic N) is 2. The monoisotopic (exact) mass is 453 g/mol. The van der Waals surface area contributed by atoms with Crippen LogP contribution >= 0.6 is 11.6 Å². The molecule has 158 valence electrons. The smallest absolute Gasteiger partial charge is 0.265 e. The van der Waals surface area contributed by atoms with E-state index in [4.69, 9.17) is 11.6 Å². The highest BCUT2D eigenvalue weighted by molar-refractivity contribution is 7.92. The van der Waals surface area contributed by atoms with Crippen molar-refractivity contribution in [1.82, 2.24) is 9.55 Å². The zero-order valence-corrected chi connectivity index (χ0v) is 18.5. The zero-order valence-electron chi connectivity index (χ0n) is 17.0. The Morgan fingerprint density at radius 3 is 2.45 bits per heavy atom. The van der Waals surface area contributed by atoms with Crippen molar-refractivity contribution >= 4 is 38.2 Å². The fourth-order valence-corrected chi connectivity index (χ4v) is 4.68. The Kier molecular flexibility index (Phi) is 5.56. The Morgan fingerprint density at radius 1 is 1.03 bits per heavy atom. The fourth-order valence-electron chi connectivity index (χ4n) is 3.39. The molecule has 31 heavy (non-hydrogen) atoms. The first kappa shape index (κ1) is 21.1. The lowest BCUT2D eigenvalue weighted by Crippen LogP contribution is -2.22. The van der Waals surface area contributed by atoms with Crippen molar-refractivity contribution in [2.75, 3.05) is 4.72 Å². The second kappa shape index (κ2) is 8.17. The number of fused-ring (bicyclic) bond motifs is 1. The molecule has 0 fully saturated rings. The summed E-state index contributed by atoms with van der Waals surface area (Å²) in [6.07, 6.45) is 0.815. The summed E-state index contributed by atoms with van der Waals surface area (Å²) in [5.74, 6) is 0.481. The van der Waals surface area contributed by atoms with Gasteiger partial charge in [-0.2, -0.15) is 0 Å². The first-order valence-corrected chi connectivity index (χ1v) is 11.6. The highest BCUT2D eigenvalue weighted by atomic mass is 35.5. The number of aryl methyl sites for hydroxylation is 2. The number of hydrogen-bond acceptors (Lipinski definition) is 4. The lowest BCUT2D eigenvalue weighted by Gasteiger charge is -2.14. The van der Waals surface area contributed by atoms with Gasteiger partial charge >= 0.3 is 0 Å². The molecule has 1 aromatic heterocycles. The van der Waals surface area contributed by atoms with E-state index in [1.54, 1.807) is 61.5 Å². The van der Waals surface area contributed by atoms with Crippen molar-refractivity contribution in [2.24, 2.45) is 0 Å². The zero-order chi connectivity index (χ0) is 22.2. The van der Waals surface area contributed by atoms with E-state index in [0.717, 1.165) is 12.0 Å². The number of benzene rings is 3. The Morgan fingerprint density at radius 2 is 1.74 bits per heavy atom. The molecule has 0 aliphatic rings. The molecule has 4 aromatic rings. The summed E-state index contributed by atoms with van der Waals surface area (Å²) < 4.78 is 29.7. The number of para-hydroxylation sites is 1. The van der Waals surface area contributed by atoms with Crippen LogP contribution in [0.3, 0.4) is 0 Å². The van der Waals surface area contributed by atoms with Crippen LogP contribution in [0.25, 0.3) is 16.6 Å². The van der Waals surface area contributed by atoms with Gasteiger partial charge in [-0.05, 0) is 61.4 Å². The molecule has 0 atom stereocenters. The minimum Gasteiger partial charge on any atom is -0.278 e. The molecular formula is C23H20ClN3O3S. The predicted molar refractivity (Wildman–Crippen MR) is 124 cm³/mol. The van der Waals surface area contributed by atoms with Gasteiger partial charge in [0.1, 0.15) is 5.82 Å². The molecule has 0 aliphatic carbocycles. The molecule has 4 rings (SSSR count). The van der Waals surface area contributed by atoms with Crippen LogP contribution in [0, 0.1) is 6.92 Å². The van der Waals surface area contributed by atoms with Crippen LogP contribution in [0.15, 0.2) is 76.4 Å². The molecule has 0 saturated heterocycles. The second-order valence-corrected chi connectivity index (χ2v) is 9.17. The molecule has 8 heteroatoms. The predicted octanol–water partition coefficient (Wildman–Crippen LogP) is 4.71. The number of anilines is 1. The van der Waals surface area contributed by atoms with E-state index in [0.29, 0.717) is 22.4 Å². The van der Waals surface area contributed by atoms with Crippen molar-refractivity contribution < 1.29 is 8.42 Å². The minimum atomic E-state index is -3.85. The number of rotatable bonds is 5. The third-order valence-corrected chi connectivity index (χ3v) is 6.75. The van der Waals surface area contributed by atoms with Gasteiger partial charge in [0.15, 0.2) is 0 Å². The SMILES string of the molecule is CCc1ccc(S(=O)(=O)Nc2cc(-n3c(C)nc4ccccc4c3=O)ccc2Cl)cc1. The molecule has 0 radical (unpaired) electrons. The maximum atomic E-state index is 13.1. The number of aromatic nitrogens is 2. The Balaban J connectivity index is 1.78. The van der Waals surface area contributed by atoms with E-state index in [2.05, 4.69) is 9.71 Å². The van der Waals surface area contributed by atoms with E-state index >= 15 is 0 Å². The first-order valence-electron chi connectivity index (χ1n) is 9.70. The van der Waals surface area contributed by atoms with Crippen molar-refractivity contribution in [3.63, 3.8) is 0 Å². The van der Waals surface area contributed by atoms with Crippen LogP contribution in [-0.2, 0) is 16.4 Å².